The molecule has 3 rings (SSSR count). The first-order chi connectivity index (χ1) is 6.93. The lowest BCUT2D eigenvalue weighted by Gasteiger charge is -2.21. The molecule has 2 aliphatic heterocycles. The second-order valence-corrected chi connectivity index (χ2v) is 3.98. The molecule has 72 valence electrons. The van der Waals surface area contributed by atoms with Crippen molar-refractivity contribution in [2.45, 2.75) is 31.3 Å². The molecule has 1 saturated heterocycles. The first-order valence-electron chi connectivity index (χ1n) is 5.16. The lowest BCUT2D eigenvalue weighted by Crippen LogP contribution is -2.33. The fourth-order valence-corrected chi connectivity index (χ4v) is 2.39. The van der Waals surface area contributed by atoms with Gasteiger partial charge in [-0.3, -0.25) is 9.97 Å². The van der Waals surface area contributed by atoms with Crippen LogP contribution in [0, 0.1) is 0 Å². The highest BCUT2D eigenvalue weighted by Gasteiger charge is 2.30. The highest BCUT2D eigenvalue weighted by atomic mass is 15.0. The Balaban J connectivity index is 1.96. The predicted molar refractivity (Wildman–Crippen MR) is 54.6 cm³/mol. The van der Waals surface area contributed by atoms with E-state index in [0.29, 0.717) is 12.1 Å². The van der Waals surface area contributed by atoms with Crippen molar-refractivity contribution in [3.63, 3.8) is 0 Å². The highest BCUT2D eigenvalue weighted by Crippen LogP contribution is 2.31. The fraction of sp³-hybridized carbons (Fsp3) is 0.455. The molecule has 3 nitrogen and oxygen atoms in total. The zero-order chi connectivity index (χ0) is 9.38. The van der Waals surface area contributed by atoms with Gasteiger partial charge in [-0.1, -0.05) is 6.08 Å². The van der Waals surface area contributed by atoms with Crippen LogP contribution in [-0.4, -0.2) is 22.1 Å². The van der Waals surface area contributed by atoms with Gasteiger partial charge in [0.1, 0.15) is 0 Å². The van der Waals surface area contributed by atoms with E-state index in [2.05, 4.69) is 21.4 Å². The summed E-state index contributed by atoms with van der Waals surface area (Å²) in [6, 6.07) is 1.23. The van der Waals surface area contributed by atoms with Gasteiger partial charge < -0.3 is 5.32 Å². The molecule has 14 heavy (non-hydrogen) atoms. The van der Waals surface area contributed by atoms with Crippen molar-refractivity contribution in [1.29, 1.82) is 0 Å². The quantitative estimate of drug-likeness (QED) is 0.721. The lowest BCUT2D eigenvalue weighted by molar-refractivity contribution is 0.574. The van der Waals surface area contributed by atoms with Gasteiger partial charge in [-0.05, 0) is 24.8 Å². The van der Waals surface area contributed by atoms with Crippen LogP contribution >= 0.6 is 0 Å². The van der Waals surface area contributed by atoms with Gasteiger partial charge >= 0.3 is 0 Å². The van der Waals surface area contributed by atoms with E-state index in [0.717, 1.165) is 12.1 Å². The maximum atomic E-state index is 4.35. The van der Waals surface area contributed by atoms with Crippen LogP contribution in [0.25, 0.3) is 5.57 Å². The van der Waals surface area contributed by atoms with Crippen LogP contribution in [0.3, 0.4) is 0 Å². The van der Waals surface area contributed by atoms with Crippen molar-refractivity contribution in [2.75, 3.05) is 0 Å². The normalized spacial score (nSPS) is 30.1. The number of rotatable bonds is 1. The Morgan fingerprint density at radius 1 is 1.29 bits per heavy atom. The van der Waals surface area contributed by atoms with E-state index < -0.39 is 0 Å². The van der Waals surface area contributed by atoms with E-state index in [1.807, 2.05) is 6.20 Å². The Morgan fingerprint density at radius 3 is 3.14 bits per heavy atom. The van der Waals surface area contributed by atoms with E-state index in [9.17, 15) is 0 Å². The minimum atomic E-state index is 0.519. The van der Waals surface area contributed by atoms with Crippen LogP contribution in [0.15, 0.2) is 24.7 Å². The third-order valence-electron chi connectivity index (χ3n) is 3.10. The molecule has 2 bridgehead atoms. The molecule has 0 aliphatic carbocycles. The van der Waals surface area contributed by atoms with Gasteiger partial charge in [0.2, 0.25) is 0 Å². The summed E-state index contributed by atoms with van der Waals surface area (Å²) in [5.41, 5.74) is 2.37. The SMILES string of the molecule is C1=C(c2cnccn2)C2CCC(C1)N2. The molecule has 1 aromatic heterocycles. The third kappa shape index (κ3) is 1.24. The lowest BCUT2D eigenvalue weighted by atomic mass is 10.0. The van der Waals surface area contributed by atoms with Crippen molar-refractivity contribution in [3.05, 3.63) is 30.4 Å². The Hall–Kier alpha value is -1.22. The second kappa shape index (κ2) is 3.17. The Labute approximate surface area is 83.3 Å². The van der Waals surface area contributed by atoms with Crippen molar-refractivity contribution in [2.24, 2.45) is 0 Å². The highest BCUT2D eigenvalue weighted by molar-refractivity contribution is 5.68. The Morgan fingerprint density at radius 2 is 2.29 bits per heavy atom. The van der Waals surface area contributed by atoms with E-state index in [1.54, 1.807) is 12.4 Å². The minimum absolute atomic E-state index is 0.519. The molecule has 2 aliphatic rings. The number of hydrogen-bond donors (Lipinski definition) is 1. The summed E-state index contributed by atoms with van der Waals surface area (Å²) in [6.07, 6.45) is 11.3. The summed E-state index contributed by atoms with van der Waals surface area (Å²) >= 11 is 0. The van der Waals surface area contributed by atoms with Crippen LogP contribution in [0.2, 0.25) is 0 Å². The minimum Gasteiger partial charge on any atom is -0.307 e. The van der Waals surface area contributed by atoms with Gasteiger partial charge in [0.25, 0.3) is 0 Å². The summed E-state index contributed by atoms with van der Waals surface area (Å²) in [4.78, 5) is 8.46. The predicted octanol–water partition coefficient (Wildman–Crippen LogP) is 1.38. The standard InChI is InChI=1S/C11H13N3/c1-3-9(10-4-2-8(1)14-10)11-7-12-5-6-13-11/h3,5-8,10,14H,1-2,4H2. The van der Waals surface area contributed by atoms with E-state index in [-0.39, 0.29) is 0 Å². The number of nitrogens with one attached hydrogen (secondary N) is 1. The van der Waals surface area contributed by atoms with Gasteiger partial charge in [-0.25, -0.2) is 0 Å². The molecule has 0 amide bonds. The number of aromatic nitrogens is 2. The fourth-order valence-electron chi connectivity index (χ4n) is 2.39. The molecular formula is C11H13N3. The molecule has 1 fully saturated rings. The molecule has 0 radical (unpaired) electrons. The average molecular weight is 187 g/mol. The zero-order valence-corrected chi connectivity index (χ0v) is 7.98. The smallest absolute Gasteiger partial charge is 0.0857 e. The van der Waals surface area contributed by atoms with Crippen LogP contribution in [0.4, 0.5) is 0 Å². The van der Waals surface area contributed by atoms with Crippen LogP contribution < -0.4 is 5.32 Å². The van der Waals surface area contributed by atoms with Crippen LogP contribution in [0.5, 0.6) is 0 Å². The molecule has 3 heterocycles. The molecule has 2 unspecified atom stereocenters. The maximum Gasteiger partial charge on any atom is 0.0857 e. The molecular weight excluding hydrogens is 174 g/mol. The maximum absolute atomic E-state index is 4.35. The van der Waals surface area contributed by atoms with Crippen molar-refractivity contribution in [3.8, 4) is 0 Å². The topological polar surface area (TPSA) is 37.8 Å². The monoisotopic (exact) mass is 187 g/mol. The molecule has 3 heteroatoms. The van der Waals surface area contributed by atoms with E-state index >= 15 is 0 Å². The van der Waals surface area contributed by atoms with E-state index in [4.69, 9.17) is 0 Å². The van der Waals surface area contributed by atoms with Crippen LogP contribution in [-0.2, 0) is 0 Å². The summed E-state index contributed by atoms with van der Waals surface area (Å²) in [6.45, 7) is 0. The van der Waals surface area contributed by atoms with Crippen molar-refractivity contribution in [1.82, 2.24) is 15.3 Å². The third-order valence-corrected chi connectivity index (χ3v) is 3.10. The van der Waals surface area contributed by atoms with Gasteiger partial charge in [0.15, 0.2) is 0 Å². The molecule has 0 saturated carbocycles. The molecule has 1 N–H and O–H groups in total. The average Bonchev–Trinajstić information content (AvgIpc) is 2.62. The van der Waals surface area contributed by atoms with Gasteiger partial charge in [-0.2, -0.15) is 0 Å². The molecule has 0 spiro atoms. The first-order valence-corrected chi connectivity index (χ1v) is 5.16. The van der Waals surface area contributed by atoms with Crippen LogP contribution in [0.1, 0.15) is 25.0 Å². The Bertz CT molecular complexity index is 358. The van der Waals surface area contributed by atoms with Gasteiger partial charge in [0.05, 0.1) is 11.9 Å². The van der Waals surface area contributed by atoms with Gasteiger partial charge in [-0.15, -0.1) is 0 Å². The number of fused-ring (bicyclic) bond motifs is 2. The number of hydrogen-bond acceptors (Lipinski definition) is 3. The zero-order valence-electron chi connectivity index (χ0n) is 7.98. The Kier molecular flexibility index (Phi) is 1.84. The number of nitrogens with zero attached hydrogens (tertiary/aromatic N) is 2. The summed E-state index contributed by atoms with van der Waals surface area (Å²) < 4.78 is 0. The summed E-state index contributed by atoms with van der Waals surface area (Å²) in [5.74, 6) is 0. The largest absolute Gasteiger partial charge is 0.307 e. The van der Waals surface area contributed by atoms with Crippen molar-refractivity contribution < 1.29 is 0 Å². The van der Waals surface area contributed by atoms with E-state index in [1.165, 1.54) is 18.4 Å². The second-order valence-electron chi connectivity index (χ2n) is 3.98. The summed E-state index contributed by atoms with van der Waals surface area (Å²) in [7, 11) is 0. The first kappa shape index (κ1) is 8.12. The van der Waals surface area contributed by atoms with Gasteiger partial charge in [0, 0.05) is 24.5 Å². The molecule has 2 atom stereocenters. The van der Waals surface area contributed by atoms with Crippen molar-refractivity contribution >= 4 is 5.57 Å². The molecule has 1 aromatic rings. The molecule has 0 aromatic carbocycles. The summed E-state index contributed by atoms with van der Waals surface area (Å²) in [5, 5.41) is 3.60.